The van der Waals surface area contributed by atoms with Crippen LogP contribution in [0.2, 0.25) is 0 Å². The average Bonchev–Trinajstić information content (AvgIpc) is 3.39. The topological polar surface area (TPSA) is 91.0 Å². The Bertz CT molecular complexity index is 891. The molecule has 1 aliphatic heterocycles. The lowest BCUT2D eigenvalue weighted by molar-refractivity contribution is 0.259. The Morgan fingerprint density at radius 2 is 2.03 bits per heavy atom. The summed E-state index contributed by atoms with van der Waals surface area (Å²) < 4.78 is 31.5. The molecule has 0 bridgehead atoms. The first-order valence-corrected chi connectivity index (χ1v) is 12.2. The third kappa shape index (κ3) is 6.41. The van der Waals surface area contributed by atoms with E-state index in [1.54, 1.807) is 17.4 Å². The molecule has 2 aromatic rings. The van der Waals surface area contributed by atoms with Crippen LogP contribution < -0.4 is 5.32 Å². The number of hydrogen-bond donors (Lipinski definition) is 1. The minimum absolute atomic E-state index is 0. The van der Waals surface area contributed by atoms with Crippen molar-refractivity contribution in [1.29, 1.82) is 0 Å². The lowest BCUT2D eigenvalue weighted by Crippen LogP contribution is -2.54. The standard InChI is InChI=1S/C19H29N5O3S2.HI/c1-4-20-18(21-15-19(2,3)17-6-5-13-28-17)23-8-10-24(11-9-23)29(25,26)14-16-7-12-27-22-16;/h5-7,12-13H,4,8-11,14-15H2,1-3H3,(H,20,21);1H. The van der Waals surface area contributed by atoms with Gasteiger partial charge in [-0.25, -0.2) is 8.42 Å². The Morgan fingerprint density at radius 1 is 1.30 bits per heavy atom. The molecule has 0 spiro atoms. The number of halogens is 1. The number of rotatable bonds is 7. The number of thiophene rings is 1. The number of aromatic nitrogens is 1. The van der Waals surface area contributed by atoms with Crippen LogP contribution in [0.4, 0.5) is 0 Å². The normalized spacial score (nSPS) is 16.4. The van der Waals surface area contributed by atoms with E-state index in [1.165, 1.54) is 15.4 Å². The molecular weight excluding hydrogens is 537 g/mol. The van der Waals surface area contributed by atoms with Crippen LogP contribution in [0.3, 0.4) is 0 Å². The van der Waals surface area contributed by atoms with Gasteiger partial charge in [0.05, 0.1) is 12.2 Å². The monoisotopic (exact) mass is 567 g/mol. The molecule has 0 aromatic carbocycles. The van der Waals surface area contributed by atoms with Gasteiger partial charge in [-0.05, 0) is 18.4 Å². The average molecular weight is 568 g/mol. The SMILES string of the molecule is CCNC(=NCC(C)(C)c1cccs1)N1CCN(S(=O)(=O)Cc2ccon2)CC1.I. The Morgan fingerprint density at radius 3 is 2.60 bits per heavy atom. The fourth-order valence-corrected chi connectivity index (χ4v) is 5.48. The van der Waals surface area contributed by atoms with E-state index >= 15 is 0 Å². The van der Waals surface area contributed by atoms with Gasteiger partial charge in [-0.15, -0.1) is 35.3 Å². The molecule has 3 rings (SSSR count). The molecule has 2 aromatic heterocycles. The Hall–Kier alpha value is -1.18. The van der Waals surface area contributed by atoms with Crippen molar-refractivity contribution >= 4 is 51.3 Å². The van der Waals surface area contributed by atoms with E-state index in [0.29, 0.717) is 38.4 Å². The van der Waals surface area contributed by atoms with Gasteiger partial charge in [0.1, 0.15) is 12.0 Å². The van der Waals surface area contributed by atoms with Crippen molar-refractivity contribution in [2.75, 3.05) is 39.3 Å². The highest BCUT2D eigenvalue weighted by Crippen LogP contribution is 2.27. The van der Waals surface area contributed by atoms with Gasteiger partial charge >= 0.3 is 0 Å². The smallest absolute Gasteiger partial charge is 0.220 e. The van der Waals surface area contributed by atoms with Gasteiger partial charge in [0.25, 0.3) is 0 Å². The molecule has 0 aliphatic carbocycles. The minimum Gasteiger partial charge on any atom is -0.364 e. The summed E-state index contributed by atoms with van der Waals surface area (Å²) in [7, 11) is -3.41. The zero-order chi connectivity index (χ0) is 20.9. The highest BCUT2D eigenvalue weighted by atomic mass is 127. The summed E-state index contributed by atoms with van der Waals surface area (Å²) in [6, 6.07) is 5.79. The third-order valence-corrected chi connectivity index (χ3v) is 7.95. The summed E-state index contributed by atoms with van der Waals surface area (Å²) in [6.07, 6.45) is 1.39. The van der Waals surface area contributed by atoms with Crippen molar-refractivity contribution in [2.45, 2.75) is 31.9 Å². The molecule has 1 saturated heterocycles. The van der Waals surface area contributed by atoms with E-state index in [0.717, 1.165) is 12.5 Å². The largest absolute Gasteiger partial charge is 0.364 e. The molecule has 0 saturated carbocycles. The second-order valence-corrected chi connectivity index (χ2v) is 10.6. The van der Waals surface area contributed by atoms with Crippen molar-refractivity contribution in [3.63, 3.8) is 0 Å². The molecule has 0 radical (unpaired) electrons. The first-order chi connectivity index (χ1) is 13.8. The Kier molecular flexibility index (Phi) is 9.13. The van der Waals surface area contributed by atoms with Gasteiger partial charge in [-0.2, -0.15) is 4.31 Å². The molecule has 1 N–H and O–H groups in total. The van der Waals surface area contributed by atoms with Crippen LogP contribution in [-0.4, -0.2) is 68.0 Å². The molecule has 3 heterocycles. The molecule has 30 heavy (non-hydrogen) atoms. The molecule has 0 unspecified atom stereocenters. The second kappa shape index (κ2) is 10.9. The van der Waals surface area contributed by atoms with Crippen LogP contribution in [0.1, 0.15) is 31.3 Å². The lowest BCUT2D eigenvalue weighted by atomic mass is 9.92. The highest BCUT2D eigenvalue weighted by Gasteiger charge is 2.29. The van der Waals surface area contributed by atoms with Gasteiger partial charge in [0.15, 0.2) is 5.96 Å². The summed E-state index contributed by atoms with van der Waals surface area (Å²) in [5.41, 5.74) is 0.385. The molecule has 168 valence electrons. The lowest BCUT2D eigenvalue weighted by Gasteiger charge is -2.36. The first kappa shape index (κ1) is 25.1. The van der Waals surface area contributed by atoms with Crippen LogP contribution in [0, 0.1) is 0 Å². The van der Waals surface area contributed by atoms with E-state index in [1.807, 2.05) is 6.92 Å². The maximum atomic E-state index is 12.6. The third-order valence-electron chi connectivity index (χ3n) is 4.90. The van der Waals surface area contributed by atoms with Gasteiger partial charge < -0.3 is 14.7 Å². The van der Waals surface area contributed by atoms with E-state index in [-0.39, 0.29) is 35.1 Å². The maximum absolute atomic E-state index is 12.6. The van der Waals surface area contributed by atoms with Crippen molar-refractivity contribution in [3.05, 3.63) is 40.4 Å². The predicted molar refractivity (Wildman–Crippen MR) is 131 cm³/mol. The summed E-state index contributed by atoms with van der Waals surface area (Å²) in [5.74, 6) is 0.706. The van der Waals surface area contributed by atoms with E-state index in [4.69, 9.17) is 9.52 Å². The van der Waals surface area contributed by atoms with E-state index < -0.39 is 10.0 Å². The molecule has 11 heteroatoms. The van der Waals surface area contributed by atoms with Crippen molar-refractivity contribution in [2.24, 2.45) is 4.99 Å². The van der Waals surface area contributed by atoms with Gasteiger partial charge in [-0.1, -0.05) is 25.1 Å². The highest BCUT2D eigenvalue weighted by molar-refractivity contribution is 14.0. The zero-order valence-corrected chi connectivity index (χ0v) is 21.5. The molecular formula is C19H30IN5O3S2. The Balaban J connectivity index is 0.00000320. The number of sulfonamides is 1. The maximum Gasteiger partial charge on any atom is 0.220 e. The summed E-state index contributed by atoms with van der Waals surface area (Å²) in [6.45, 7) is 9.92. The number of guanidine groups is 1. The molecule has 1 aliphatic rings. The molecule has 1 fully saturated rings. The minimum atomic E-state index is -3.41. The fraction of sp³-hybridized carbons (Fsp3) is 0.579. The number of nitrogens with one attached hydrogen (secondary N) is 1. The van der Waals surface area contributed by atoms with Crippen LogP contribution in [0.5, 0.6) is 0 Å². The number of hydrogen-bond acceptors (Lipinski definition) is 6. The summed E-state index contributed by atoms with van der Waals surface area (Å²) in [5, 5.41) is 9.15. The van der Waals surface area contributed by atoms with Crippen LogP contribution in [0.15, 0.2) is 39.4 Å². The van der Waals surface area contributed by atoms with Gasteiger partial charge in [-0.3, -0.25) is 4.99 Å². The predicted octanol–water partition coefficient (Wildman–Crippen LogP) is 2.74. The quantitative estimate of drug-likeness (QED) is 0.315. The molecule has 0 amide bonds. The van der Waals surface area contributed by atoms with E-state index in [2.05, 4.69) is 46.7 Å². The molecule has 0 atom stereocenters. The van der Waals surface area contributed by atoms with Gasteiger partial charge in [0.2, 0.25) is 10.0 Å². The summed E-state index contributed by atoms with van der Waals surface area (Å²) in [4.78, 5) is 8.30. The summed E-state index contributed by atoms with van der Waals surface area (Å²) >= 11 is 1.75. The van der Waals surface area contributed by atoms with Gasteiger partial charge in [0, 0.05) is 49.1 Å². The number of nitrogens with zero attached hydrogens (tertiary/aromatic N) is 4. The fourth-order valence-electron chi connectivity index (χ4n) is 3.21. The van der Waals surface area contributed by atoms with Crippen LogP contribution in [-0.2, 0) is 21.2 Å². The Labute approximate surface area is 199 Å². The van der Waals surface area contributed by atoms with Crippen LogP contribution in [0.25, 0.3) is 0 Å². The zero-order valence-electron chi connectivity index (χ0n) is 17.6. The van der Waals surface area contributed by atoms with Crippen molar-refractivity contribution in [3.8, 4) is 0 Å². The number of piperazine rings is 1. The van der Waals surface area contributed by atoms with Crippen LogP contribution >= 0.6 is 35.3 Å². The van der Waals surface area contributed by atoms with Crippen molar-refractivity contribution in [1.82, 2.24) is 19.7 Å². The second-order valence-electron chi connectivity index (χ2n) is 7.66. The number of aliphatic imine (C=N–C) groups is 1. The molecule has 8 nitrogen and oxygen atoms in total. The van der Waals surface area contributed by atoms with E-state index in [9.17, 15) is 8.42 Å². The van der Waals surface area contributed by atoms with Crippen molar-refractivity contribution < 1.29 is 12.9 Å². The first-order valence-electron chi connectivity index (χ1n) is 9.76.